The Balaban J connectivity index is 2.07. The molecule has 0 spiro atoms. The number of nitrogens with one attached hydrogen (secondary N) is 2. The number of hydrogen-bond donors (Lipinski definition) is 2. The maximum Gasteiger partial charge on any atom is 0.328 e. The van der Waals surface area contributed by atoms with E-state index in [1.165, 1.54) is 12.1 Å². The van der Waals surface area contributed by atoms with E-state index in [0.717, 1.165) is 31.6 Å². The van der Waals surface area contributed by atoms with Gasteiger partial charge in [-0.25, -0.2) is 17.9 Å². The minimum Gasteiger partial charge on any atom is -0.372 e. The fraction of sp³-hybridized carbons (Fsp3) is 0.500. The SMILES string of the molecule is CC(C)NC(=O)NS(=O)(=O)c1ccc(N2CCCC2)cc1. The van der Waals surface area contributed by atoms with Gasteiger partial charge in [-0.2, -0.15) is 0 Å². The van der Waals surface area contributed by atoms with E-state index in [-0.39, 0.29) is 10.9 Å². The molecule has 21 heavy (non-hydrogen) atoms. The van der Waals surface area contributed by atoms with Crippen molar-refractivity contribution in [1.29, 1.82) is 0 Å². The largest absolute Gasteiger partial charge is 0.372 e. The number of amides is 2. The van der Waals surface area contributed by atoms with Crippen LogP contribution in [0.2, 0.25) is 0 Å². The molecule has 1 aliphatic heterocycles. The molecular weight excluding hydrogens is 290 g/mol. The molecule has 0 unspecified atom stereocenters. The molecule has 0 radical (unpaired) electrons. The van der Waals surface area contributed by atoms with E-state index in [1.807, 2.05) is 4.72 Å². The Kier molecular flexibility index (Phi) is 4.72. The van der Waals surface area contributed by atoms with E-state index in [4.69, 9.17) is 0 Å². The second-order valence-corrected chi connectivity index (χ2v) is 7.10. The van der Waals surface area contributed by atoms with Crippen LogP contribution in [0.3, 0.4) is 0 Å². The van der Waals surface area contributed by atoms with E-state index in [1.54, 1.807) is 26.0 Å². The molecule has 1 aromatic rings. The highest BCUT2D eigenvalue weighted by molar-refractivity contribution is 7.90. The molecule has 2 N–H and O–H groups in total. The van der Waals surface area contributed by atoms with Crippen LogP contribution in [0.25, 0.3) is 0 Å². The van der Waals surface area contributed by atoms with Crippen LogP contribution in [0.4, 0.5) is 10.5 Å². The predicted octanol–water partition coefficient (Wildman–Crippen LogP) is 1.68. The molecule has 1 saturated heterocycles. The number of hydrogen-bond acceptors (Lipinski definition) is 4. The first-order valence-corrected chi connectivity index (χ1v) is 8.55. The summed E-state index contributed by atoms with van der Waals surface area (Å²) in [5.74, 6) is 0. The fourth-order valence-corrected chi connectivity index (χ4v) is 3.20. The first-order chi connectivity index (χ1) is 9.88. The van der Waals surface area contributed by atoms with Gasteiger partial charge < -0.3 is 10.2 Å². The molecule has 0 aromatic heterocycles. The molecule has 2 amide bonds. The Morgan fingerprint density at radius 1 is 1.14 bits per heavy atom. The minimum atomic E-state index is -3.83. The third-order valence-electron chi connectivity index (χ3n) is 3.27. The fourth-order valence-electron chi connectivity index (χ4n) is 2.28. The number of benzene rings is 1. The van der Waals surface area contributed by atoms with Crippen LogP contribution in [-0.4, -0.2) is 33.6 Å². The standard InChI is InChI=1S/C14H21N3O3S/c1-11(2)15-14(18)16-21(19,20)13-7-5-12(6-8-13)17-9-3-4-10-17/h5-8,11H,3-4,9-10H2,1-2H3,(H2,15,16,18). The molecule has 0 bridgehead atoms. The van der Waals surface area contributed by atoms with E-state index >= 15 is 0 Å². The van der Waals surface area contributed by atoms with Crippen molar-refractivity contribution in [2.45, 2.75) is 37.6 Å². The van der Waals surface area contributed by atoms with Gasteiger partial charge in [0.05, 0.1) is 4.90 Å². The zero-order valence-electron chi connectivity index (χ0n) is 12.3. The Hall–Kier alpha value is -1.76. The van der Waals surface area contributed by atoms with Gasteiger partial charge in [0.2, 0.25) is 0 Å². The molecule has 0 saturated carbocycles. The van der Waals surface area contributed by atoms with Crippen molar-refractivity contribution in [2.24, 2.45) is 0 Å². The van der Waals surface area contributed by atoms with Gasteiger partial charge in [0.1, 0.15) is 0 Å². The zero-order valence-corrected chi connectivity index (χ0v) is 13.1. The Morgan fingerprint density at radius 2 is 1.71 bits per heavy atom. The first kappa shape index (κ1) is 15.6. The number of rotatable bonds is 4. The lowest BCUT2D eigenvalue weighted by Gasteiger charge is -2.17. The van der Waals surface area contributed by atoms with Crippen LogP contribution < -0.4 is 14.9 Å². The second-order valence-electron chi connectivity index (χ2n) is 5.42. The molecule has 116 valence electrons. The summed E-state index contributed by atoms with van der Waals surface area (Å²) in [6, 6.07) is 5.77. The summed E-state index contributed by atoms with van der Waals surface area (Å²) in [7, 11) is -3.83. The van der Waals surface area contributed by atoms with Crippen LogP contribution in [-0.2, 0) is 10.0 Å². The van der Waals surface area contributed by atoms with Crippen LogP contribution in [0.5, 0.6) is 0 Å². The molecule has 1 aromatic carbocycles. The molecule has 1 aliphatic rings. The van der Waals surface area contributed by atoms with Gasteiger partial charge in [0, 0.05) is 24.8 Å². The van der Waals surface area contributed by atoms with Gasteiger partial charge in [-0.05, 0) is 51.0 Å². The molecule has 0 atom stereocenters. The molecule has 0 aliphatic carbocycles. The van der Waals surface area contributed by atoms with Gasteiger partial charge in [-0.15, -0.1) is 0 Å². The normalized spacial score (nSPS) is 15.3. The zero-order chi connectivity index (χ0) is 15.5. The summed E-state index contributed by atoms with van der Waals surface area (Å²) in [4.78, 5) is 13.8. The van der Waals surface area contributed by atoms with Crippen molar-refractivity contribution in [1.82, 2.24) is 10.0 Å². The van der Waals surface area contributed by atoms with Gasteiger partial charge in [-0.3, -0.25) is 0 Å². The number of anilines is 1. The molecule has 1 fully saturated rings. The summed E-state index contributed by atoms with van der Waals surface area (Å²) < 4.78 is 26.1. The van der Waals surface area contributed by atoms with Crippen LogP contribution in [0.1, 0.15) is 26.7 Å². The average Bonchev–Trinajstić information content (AvgIpc) is 2.91. The van der Waals surface area contributed by atoms with Crippen molar-refractivity contribution in [3.63, 3.8) is 0 Å². The smallest absolute Gasteiger partial charge is 0.328 e. The molecular formula is C14H21N3O3S. The lowest BCUT2D eigenvalue weighted by Crippen LogP contribution is -2.42. The molecule has 1 heterocycles. The predicted molar refractivity (Wildman–Crippen MR) is 81.9 cm³/mol. The summed E-state index contributed by atoms with van der Waals surface area (Å²) in [5, 5.41) is 2.49. The topological polar surface area (TPSA) is 78.5 Å². The number of urea groups is 1. The maximum absolute atomic E-state index is 12.1. The highest BCUT2D eigenvalue weighted by Crippen LogP contribution is 2.21. The van der Waals surface area contributed by atoms with Crippen molar-refractivity contribution < 1.29 is 13.2 Å². The van der Waals surface area contributed by atoms with Crippen molar-refractivity contribution >= 4 is 21.7 Å². The maximum atomic E-state index is 12.1. The van der Waals surface area contributed by atoms with Crippen molar-refractivity contribution in [2.75, 3.05) is 18.0 Å². The summed E-state index contributed by atoms with van der Waals surface area (Å²) in [6.45, 7) is 5.52. The highest BCUT2D eigenvalue weighted by Gasteiger charge is 2.19. The number of sulfonamides is 1. The third-order valence-corrected chi connectivity index (χ3v) is 4.61. The van der Waals surface area contributed by atoms with E-state index in [0.29, 0.717) is 0 Å². The highest BCUT2D eigenvalue weighted by atomic mass is 32.2. The Bertz CT molecular complexity index is 590. The summed E-state index contributed by atoms with van der Waals surface area (Å²) >= 11 is 0. The minimum absolute atomic E-state index is 0.0874. The molecule has 6 nitrogen and oxygen atoms in total. The van der Waals surface area contributed by atoms with Crippen molar-refractivity contribution in [3.8, 4) is 0 Å². The average molecular weight is 311 g/mol. The number of carbonyl (C=O) groups excluding carboxylic acids is 1. The van der Waals surface area contributed by atoms with E-state index in [9.17, 15) is 13.2 Å². The Morgan fingerprint density at radius 3 is 2.24 bits per heavy atom. The first-order valence-electron chi connectivity index (χ1n) is 7.07. The van der Waals surface area contributed by atoms with E-state index in [2.05, 4.69) is 10.2 Å². The van der Waals surface area contributed by atoms with Crippen LogP contribution >= 0.6 is 0 Å². The van der Waals surface area contributed by atoms with Crippen LogP contribution in [0, 0.1) is 0 Å². The van der Waals surface area contributed by atoms with Crippen molar-refractivity contribution in [3.05, 3.63) is 24.3 Å². The molecule has 2 rings (SSSR count). The van der Waals surface area contributed by atoms with Gasteiger partial charge in [-0.1, -0.05) is 0 Å². The quantitative estimate of drug-likeness (QED) is 0.887. The Labute approximate surface area is 125 Å². The summed E-state index contributed by atoms with van der Waals surface area (Å²) in [6.07, 6.45) is 2.33. The van der Waals surface area contributed by atoms with Gasteiger partial charge in [0.25, 0.3) is 10.0 Å². The lowest BCUT2D eigenvalue weighted by atomic mass is 10.3. The third kappa shape index (κ3) is 4.10. The monoisotopic (exact) mass is 311 g/mol. The molecule has 7 heteroatoms. The van der Waals surface area contributed by atoms with E-state index < -0.39 is 16.1 Å². The number of nitrogens with zero attached hydrogens (tertiary/aromatic N) is 1. The lowest BCUT2D eigenvalue weighted by molar-refractivity contribution is 0.243. The van der Waals surface area contributed by atoms with Gasteiger partial charge >= 0.3 is 6.03 Å². The van der Waals surface area contributed by atoms with Crippen LogP contribution in [0.15, 0.2) is 29.2 Å². The summed E-state index contributed by atoms with van der Waals surface area (Å²) in [5.41, 5.74) is 1.01. The second kappa shape index (κ2) is 6.34. The number of carbonyl (C=O) groups is 1. The van der Waals surface area contributed by atoms with Gasteiger partial charge in [0.15, 0.2) is 0 Å².